The summed E-state index contributed by atoms with van der Waals surface area (Å²) in [5.41, 5.74) is 3.84. The number of carbonyl (C=O) groups is 2. The summed E-state index contributed by atoms with van der Waals surface area (Å²) < 4.78 is 11.7. The van der Waals surface area contributed by atoms with E-state index >= 15 is 0 Å². The van der Waals surface area contributed by atoms with Gasteiger partial charge in [-0.05, 0) is 54.6 Å². The molecule has 1 N–H and O–H groups in total. The van der Waals surface area contributed by atoms with E-state index in [4.69, 9.17) is 9.47 Å². The maximum atomic E-state index is 12.3. The number of nitrogens with one attached hydrogen (secondary N) is 1. The molecule has 0 spiro atoms. The van der Waals surface area contributed by atoms with Crippen molar-refractivity contribution in [1.29, 1.82) is 0 Å². The first kappa shape index (κ1) is 22.0. The number of hydrazone groups is 1. The minimum Gasteiger partial charge on any atom is -0.490 e. The summed E-state index contributed by atoms with van der Waals surface area (Å²) in [4.78, 5) is 24.6. The van der Waals surface area contributed by atoms with Gasteiger partial charge < -0.3 is 9.47 Å². The molecule has 7 heteroatoms. The average Bonchev–Trinajstić information content (AvgIpc) is 2.80. The number of nitrogens with zero attached hydrogens (tertiary/aromatic N) is 1. The van der Waals surface area contributed by atoms with Crippen LogP contribution in [0, 0.1) is 0 Å². The molecule has 6 nitrogen and oxygen atoms in total. The van der Waals surface area contributed by atoms with Crippen LogP contribution in [0.15, 0.2) is 95.0 Å². The van der Waals surface area contributed by atoms with Gasteiger partial charge in [-0.3, -0.25) is 4.79 Å². The zero-order valence-corrected chi connectivity index (χ0v) is 18.0. The zero-order chi connectivity index (χ0) is 22.1. The normalized spacial score (nSPS) is 10.5. The second-order valence-corrected chi connectivity index (χ2v) is 7.18. The van der Waals surface area contributed by atoms with E-state index in [0.717, 1.165) is 4.47 Å². The van der Waals surface area contributed by atoms with Gasteiger partial charge in [0.05, 0.1) is 11.8 Å². The number of esters is 1. The molecule has 0 aliphatic carbocycles. The molecule has 3 aromatic rings. The molecule has 3 rings (SSSR count). The Morgan fingerprint density at radius 2 is 1.74 bits per heavy atom. The van der Waals surface area contributed by atoms with Crippen LogP contribution in [0.4, 0.5) is 0 Å². The summed E-state index contributed by atoms with van der Waals surface area (Å²) in [6.07, 6.45) is 3.06. The molecule has 156 valence electrons. The van der Waals surface area contributed by atoms with Crippen molar-refractivity contribution in [3.8, 4) is 11.5 Å². The smallest absolute Gasteiger partial charge is 0.343 e. The van der Waals surface area contributed by atoms with Gasteiger partial charge in [-0.1, -0.05) is 46.8 Å². The van der Waals surface area contributed by atoms with Crippen LogP contribution < -0.4 is 14.9 Å². The number of hydrogen-bond acceptors (Lipinski definition) is 5. The van der Waals surface area contributed by atoms with Gasteiger partial charge in [0.1, 0.15) is 18.1 Å². The molecule has 3 aromatic carbocycles. The quantitative estimate of drug-likeness (QED) is 0.162. The second-order valence-electron chi connectivity index (χ2n) is 6.26. The molecular formula is C24H19BrN2O4. The average molecular weight is 479 g/mol. The molecule has 1 amide bonds. The van der Waals surface area contributed by atoms with Crippen LogP contribution in [-0.4, -0.2) is 24.7 Å². The number of hydrogen-bond donors (Lipinski definition) is 1. The summed E-state index contributed by atoms with van der Waals surface area (Å²) in [6, 6.07) is 20.5. The van der Waals surface area contributed by atoms with E-state index in [2.05, 4.69) is 33.0 Å². The fraction of sp³-hybridized carbons (Fsp3) is 0.0417. The van der Waals surface area contributed by atoms with Gasteiger partial charge in [-0.15, -0.1) is 0 Å². The Labute approximate surface area is 188 Å². The molecule has 0 radical (unpaired) electrons. The highest BCUT2D eigenvalue weighted by molar-refractivity contribution is 9.10. The third-order valence-corrected chi connectivity index (χ3v) is 4.53. The molecule has 0 unspecified atom stereocenters. The third kappa shape index (κ3) is 6.38. The van der Waals surface area contributed by atoms with E-state index in [1.165, 1.54) is 6.21 Å². The third-order valence-electron chi connectivity index (χ3n) is 4.04. The van der Waals surface area contributed by atoms with Crippen molar-refractivity contribution in [2.24, 2.45) is 5.10 Å². The highest BCUT2D eigenvalue weighted by Gasteiger charge is 2.11. The topological polar surface area (TPSA) is 77.0 Å². The fourth-order valence-corrected chi connectivity index (χ4v) is 2.91. The van der Waals surface area contributed by atoms with Crippen LogP contribution in [0.1, 0.15) is 26.3 Å². The number of benzene rings is 3. The van der Waals surface area contributed by atoms with E-state index < -0.39 is 5.97 Å². The standard InChI is InChI=1S/C24H19BrN2O4/c1-2-14-30-21-11-8-17(9-12-21)23(28)27-26-16-19-15-20(25)10-13-22(19)31-24(29)18-6-4-3-5-7-18/h2-13,15-16H,1,14H2,(H,27,28)/b26-16-. The summed E-state index contributed by atoms with van der Waals surface area (Å²) in [5, 5.41) is 3.99. The maximum Gasteiger partial charge on any atom is 0.343 e. The first-order valence-corrected chi connectivity index (χ1v) is 10.1. The molecule has 0 saturated carbocycles. The van der Waals surface area contributed by atoms with Crippen molar-refractivity contribution in [3.05, 3.63) is 107 Å². The molecule has 0 heterocycles. The lowest BCUT2D eigenvalue weighted by Gasteiger charge is -2.08. The highest BCUT2D eigenvalue weighted by Crippen LogP contribution is 2.23. The first-order valence-electron chi connectivity index (χ1n) is 9.31. The van der Waals surface area contributed by atoms with E-state index in [-0.39, 0.29) is 5.91 Å². The van der Waals surface area contributed by atoms with E-state index in [1.807, 2.05) is 6.07 Å². The van der Waals surface area contributed by atoms with Crippen LogP contribution in [0.5, 0.6) is 11.5 Å². The second kappa shape index (κ2) is 10.9. The zero-order valence-electron chi connectivity index (χ0n) is 16.5. The van der Waals surface area contributed by atoms with Crippen molar-refractivity contribution >= 4 is 34.0 Å². The van der Waals surface area contributed by atoms with Crippen LogP contribution in [0.3, 0.4) is 0 Å². The van der Waals surface area contributed by atoms with Gasteiger partial charge in [0.25, 0.3) is 5.91 Å². The fourth-order valence-electron chi connectivity index (χ4n) is 2.53. The number of carbonyl (C=O) groups excluding carboxylic acids is 2. The summed E-state index contributed by atoms with van der Waals surface area (Å²) >= 11 is 3.38. The van der Waals surface area contributed by atoms with Gasteiger partial charge >= 0.3 is 5.97 Å². The van der Waals surface area contributed by atoms with Gasteiger partial charge in [-0.2, -0.15) is 5.10 Å². The number of rotatable bonds is 8. The largest absolute Gasteiger partial charge is 0.490 e. The van der Waals surface area contributed by atoms with Gasteiger partial charge in [0.15, 0.2) is 0 Å². The maximum absolute atomic E-state index is 12.3. The van der Waals surface area contributed by atoms with Crippen molar-refractivity contribution < 1.29 is 19.1 Å². The number of ether oxygens (including phenoxy) is 2. The molecule has 31 heavy (non-hydrogen) atoms. The van der Waals surface area contributed by atoms with Crippen molar-refractivity contribution in [2.45, 2.75) is 0 Å². The first-order chi connectivity index (χ1) is 15.1. The van der Waals surface area contributed by atoms with Crippen LogP contribution in [0.25, 0.3) is 0 Å². The predicted molar refractivity (Wildman–Crippen MR) is 123 cm³/mol. The lowest BCUT2D eigenvalue weighted by atomic mass is 10.2. The Hall–Kier alpha value is -3.71. The lowest BCUT2D eigenvalue weighted by molar-refractivity contribution is 0.0734. The van der Waals surface area contributed by atoms with Crippen molar-refractivity contribution in [1.82, 2.24) is 5.43 Å². The van der Waals surface area contributed by atoms with Crippen LogP contribution in [0.2, 0.25) is 0 Å². The predicted octanol–water partition coefficient (Wildman–Crippen LogP) is 5.00. The van der Waals surface area contributed by atoms with Crippen LogP contribution in [-0.2, 0) is 0 Å². The monoisotopic (exact) mass is 478 g/mol. The Kier molecular flexibility index (Phi) is 7.73. The summed E-state index contributed by atoms with van der Waals surface area (Å²) in [6.45, 7) is 3.98. The van der Waals surface area contributed by atoms with Gasteiger partial charge in [0.2, 0.25) is 0 Å². The van der Waals surface area contributed by atoms with E-state index in [1.54, 1.807) is 72.8 Å². The van der Waals surface area contributed by atoms with E-state index in [0.29, 0.717) is 34.8 Å². The van der Waals surface area contributed by atoms with Crippen molar-refractivity contribution in [2.75, 3.05) is 6.61 Å². The van der Waals surface area contributed by atoms with Gasteiger partial charge in [-0.25, -0.2) is 10.2 Å². The Bertz CT molecular complexity index is 1100. The van der Waals surface area contributed by atoms with Gasteiger partial charge in [0, 0.05) is 15.6 Å². The van der Waals surface area contributed by atoms with E-state index in [9.17, 15) is 9.59 Å². The molecule has 0 saturated heterocycles. The molecule has 0 atom stereocenters. The molecule has 0 aliphatic heterocycles. The Balaban J connectivity index is 1.67. The van der Waals surface area contributed by atoms with Crippen LogP contribution >= 0.6 is 15.9 Å². The Morgan fingerprint density at radius 3 is 2.45 bits per heavy atom. The lowest BCUT2D eigenvalue weighted by Crippen LogP contribution is -2.17. The molecule has 0 aliphatic rings. The summed E-state index contributed by atoms with van der Waals surface area (Å²) in [7, 11) is 0. The molecule has 0 aromatic heterocycles. The molecule has 0 bridgehead atoms. The molecule has 0 fully saturated rings. The number of halogens is 1. The Morgan fingerprint density at radius 1 is 1.00 bits per heavy atom. The highest BCUT2D eigenvalue weighted by atomic mass is 79.9. The summed E-state index contributed by atoms with van der Waals surface area (Å²) in [5.74, 6) is 0.0856. The number of amides is 1. The molecular weight excluding hydrogens is 460 g/mol. The van der Waals surface area contributed by atoms with Crippen molar-refractivity contribution in [3.63, 3.8) is 0 Å². The minimum atomic E-state index is -0.486. The SMILES string of the molecule is C=CCOc1ccc(C(=O)N/N=C\c2cc(Br)ccc2OC(=O)c2ccccc2)cc1. The minimum absolute atomic E-state index is 0.318.